The monoisotopic (exact) mass is 384 g/mol. The summed E-state index contributed by atoms with van der Waals surface area (Å²) in [4.78, 5) is 23.3. The first-order valence-electron chi connectivity index (χ1n) is 7.05. The molecule has 0 atom stereocenters. The Morgan fingerprint density at radius 1 is 1.04 bits per heavy atom. The Hall–Kier alpha value is -2.93. The Balaban J connectivity index is 1.73. The quantitative estimate of drug-likeness (QED) is 0.643. The Morgan fingerprint density at radius 2 is 1.71 bits per heavy atom. The van der Waals surface area contributed by atoms with Crippen molar-refractivity contribution in [1.29, 1.82) is 0 Å². The number of aromatic nitrogens is 2. The van der Waals surface area contributed by atoms with Crippen LogP contribution >= 0.6 is 15.9 Å². The third-order valence-corrected chi connectivity index (χ3v) is 3.92. The number of H-pyrrole nitrogens is 1. The first-order chi connectivity index (χ1) is 11.5. The van der Waals surface area contributed by atoms with E-state index in [-0.39, 0.29) is 5.91 Å². The van der Waals surface area contributed by atoms with Gasteiger partial charge in [-0.1, -0.05) is 28.1 Å². The number of nitrogens with zero attached hydrogens (tertiary/aromatic N) is 1. The molecule has 0 radical (unpaired) electrons. The van der Waals surface area contributed by atoms with E-state index in [0.29, 0.717) is 22.6 Å². The first-order valence-corrected chi connectivity index (χ1v) is 7.85. The van der Waals surface area contributed by atoms with E-state index in [0.717, 1.165) is 10.0 Å². The molecule has 0 spiro atoms. The Kier molecular flexibility index (Phi) is 4.43. The molecule has 2 amide bonds. The van der Waals surface area contributed by atoms with Crippen molar-refractivity contribution in [2.75, 3.05) is 5.32 Å². The lowest BCUT2D eigenvalue weighted by Crippen LogP contribution is -2.13. The van der Waals surface area contributed by atoms with Gasteiger partial charge in [-0.2, -0.15) is 5.10 Å². The highest BCUT2D eigenvalue weighted by Gasteiger charge is 2.11. The zero-order chi connectivity index (χ0) is 17.1. The number of halogens is 1. The molecule has 24 heavy (non-hydrogen) atoms. The average Bonchev–Trinajstić information content (AvgIpc) is 3.06. The van der Waals surface area contributed by atoms with E-state index in [9.17, 15) is 9.59 Å². The van der Waals surface area contributed by atoms with Crippen LogP contribution in [0.5, 0.6) is 0 Å². The number of aromatic amines is 1. The van der Waals surface area contributed by atoms with Crippen molar-refractivity contribution in [1.82, 2.24) is 10.2 Å². The summed E-state index contributed by atoms with van der Waals surface area (Å²) in [5, 5.41) is 9.60. The molecule has 0 bridgehead atoms. The average molecular weight is 385 g/mol. The minimum absolute atomic E-state index is 0.322. The normalized spacial score (nSPS) is 10.4. The topological polar surface area (TPSA) is 101 Å². The fraction of sp³-hybridized carbons (Fsp3) is 0. The maximum atomic E-state index is 12.3. The van der Waals surface area contributed by atoms with Crippen molar-refractivity contribution in [2.45, 2.75) is 0 Å². The highest BCUT2D eigenvalue weighted by molar-refractivity contribution is 9.10. The van der Waals surface area contributed by atoms with Crippen LogP contribution in [0.4, 0.5) is 5.69 Å². The van der Waals surface area contributed by atoms with Gasteiger partial charge in [0.2, 0.25) is 5.91 Å². The molecule has 0 fully saturated rings. The van der Waals surface area contributed by atoms with Crippen LogP contribution in [0.3, 0.4) is 0 Å². The first kappa shape index (κ1) is 15.9. The van der Waals surface area contributed by atoms with Gasteiger partial charge in [0.1, 0.15) is 5.69 Å². The molecule has 3 aromatic rings. The molecule has 0 saturated heterocycles. The van der Waals surface area contributed by atoms with Crippen LogP contribution in [0.25, 0.3) is 11.3 Å². The predicted octanol–water partition coefficient (Wildman–Crippen LogP) is 3.19. The van der Waals surface area contributed by atoms with Crippen LogP contribution in [0.2, 0.25) is 0 Å². The summed E-state index contributed by atoms with van der Waals surface area (Å²) in [6, 6.07) is 15.6. The fourth-order valence-electron chi connectivity index (χ4n) is 2.12. The molecule has 120 valence electrons. The second kappa shape index (κ2) is 6.67. The SMILES string of the molecule is NC(=O)c1ccc(NC(=O)c2cc(-c3ccc(Br)cc3)n[nH]2)cc1. The number of nitrogens with two attached hydrogens (primary N) is 1. The summed E-state index contributed by atoms with van der Waals surface area (Å²) >= 11 is 3.38. The van der Waals surface area contributed by atoms with E-state index < -0.39 is 5.91 Å². The Labute approximate surface area is 146 Å². The van der Waals surface area contributed by atoms with E-state index in [1.165, 1.54) is 0 Å². The van der Waals surface area contributed by atoms with Crippen LogP contribution in [0.15, 0.2) is 59.1 Å². The van der Waals surface area contributed by atoms with Gasteiger partial charge in [-0.05, 0) is 42.5 Å². The van der Waals surface area contributed by atoms with Crippen LogP contribution in [-0.2, 0) is 0 Å². The molecule has 0 unspecified atom stereocenters. The van der Waals surface area contributed by atoms with Crippen molar-refractivity contribution in [3.8, 4) is 11.3 Å². The summed E-state index contributed by atoms with van der Waals surface area (Å²) < 4.78 is 0.971. The van der Waals surface area contributed by atoms with Gasteiger partial charge in [-0.15, -0.1) is 0 Å². The van der Waals surface area contributed by atoms with Crippen molar-refractivity contribution in [3.63, 3.8) is 0 Å². The molecule has 7 heteroatoms. The third-order valence-electron chi connectivity index (χ3n) is 3.39. The second-order valence-electron chi connectivity index (χ2n) is 5.07. The largest absolute Gasteiger partial charge is 0.366 e. The molecule has 0 aliphatic heterocycles. The fourth-order valence-corrected chi connectivity index (χ4v) is 2.39. The molecule has 0 aliphatic rings. The summed E-state index contributed by atoms with van der Waals surface area (Å²) in [7, 11) is 0. The van der Waals surface area contributed by atoms with Gasteiger partial charge in [0.25, 0.3) is 5.91 Å². The molecule has 1 aromatic heterocycles. The summed E-state index contributed by atoms with van der Waals surface area (Å²) in [6.07, 6.45) is 0. The van der Waals surface area contributed by atoms with Crippen molar-refractivity contribution in [3.05, 3.63) is 70.3 Å². The predicted molar refractivity (Wildman–Crippen MR) is 94.6 cm³/mol. The second-order valence-corrected chi connectivity index (χ2v) is 5.99. The highest BCUT2D eigenvalue weighted by atomic mass is 79.9. The summed E-state index contributed by atoms with van der Waals surface area (Å²) in [6.45, 7) is 0. The lowest BCUT2D eigenvalue weighted by atomic mass is 10.1. The maximum absolute atomic E-state index is 12.3. The number of hydrogen-bond acceptors (Lipinski definition) is 3. The number of primary amides is 1. The highest BCUT2D eigenvalue weighted by Crippen LogP contribution is 2.21. The van der Waals surface area contributed by atoms with Crippen LogP contribution < -0.4 is 11.1 Å². The minimum Gasteiger partial charge on any atom is -0.366 e. The lowest BCUT2D eigenvalue weighted by molar-refractivity contribution is 0.0998. The molecule has 4 N–H and O–H groups in total. The van der Waals surface area contributed by atoms with E-state index in [1.807, 2.05) is 24.3 Å². The number of carbonyl (C=O) groups is 2. The molecule has 3 rings (SSSR count). The van der Waals surface area contributed by atoms with Crippen molar-refractivity contribution in [2.24, 2.45) is 5.73 Å². The van der Waals surface area contributed by atoms with Gasteiger partial charge < -0.3 is 11.1 Å². The number of hydrogen-bond donors (Lipinski definition) is 3. The Bertz CT molecular complexity index is 886. The number of nitrogens with one attached hydrogen (secondary N) is 2. The number of anilines is 1. The lowest BCUT2D eigenvalue weighted by Gasteiger charge is -2.03. The zero-order valence-electron chi connectivity index (χ0n) is 12.4. The van der Waals surface area contributed by atoms with E-state index in [4.69, 9.17) is 5.73 Å². The molecule has 6 nitrogen and oxygen atoms in total. The zero-order valence-corrected chi connectivity index (χ0v) is 14.0. The number of rotatable bonds is 4. The molecular weight excluding hydrogens is 372 g/mol. The molecule has 0 saturated carbocycles. The van der Waals surface area contributed by atoms with Gasteiger partial charge in [0.05, 0.1) is 5.69 Å². The van der Waals surface area contributed by atoms with Gasteiger partial charge >= 0.3 is 0 Å². The van der Waals surface area contributed by atoms with Crippen LogP contribution in [-0.4, -0.2) is 22.0 Å². The van der Waals surface area contributed by atoms with Crippen molar-refractivity contribution >= 4 is 33.4 Å². The third kappa shape index (κ3) is 3.52. The van der Waals surface area contributed by atoms with Gasteiger partial charge in [-0.3, -0.25) is 14.7 Å². The number of carbonyl (C=O) groups excluding carboxylic acids is 2. The molecular formula is C17H13BrN4O2. The van der Waals surface area contributed by atoms with E-state index in [1.54, 1.807) is 30.3 Å². The van der Waals surface area contributed by atoms with Crippen LogP contribution in [0, 0.1) is 0 Å². The Morgan fingerprint density at radius 3 is 2.33 bits per heavy atom. The molecule has 1 heterocycles. The number of amides is 2. The van der Waals surface area contributed by atoms with Gasteiger partial charge in [0, 0.05) is 21.3 Å². The van der Waals surface area contributed by atoms with Gasteiger partial charge in [-0.25, -0.2) is 0 Å². The van der Waals surface area contributed by atoms with Gasteiger partial charge in [0.15, 0.2) is 0 Å². The maximum Gasteiger partial charge on any atom is 0.273 e. The van der Waals surface area contributed by atoms with Crippen molar-refractivity contribution < 1.29 is 9.59 Å². The summed E-state index contributed by atoms with van der Waals surface area (Å²) in [5.74, 6) is -0.835. The summed E-state index contributed by atoms with van der Waals surface area (Å²) in [5.41, 5.74) is 8.04. The number of benzene rings is 2. The minimum atomic E-state index is -0.513. The standard InChI is InChI=1S/C17H13BrN4O2/c18-12-5-1-10(2-6-12)14-9-15(22-21-14)17(24)20-13-7-3-11(4-8-13)16(19)23/h1-9H,(H2,19,23)(H,20,24)(H,21,22). The van der Waals surface area contributed by atoms with E-state index >= 15 is 0 Å². The molecule has 2 aromatic carbocycles. The van der Waals surface area contributed by atoms with E-state index in [2.05, 4.69) is 31.4 Å². The molecule has 0 aliphatic carbocycles. The smallest absolute Gasteiger partial charge is 0.273 e. The van der Waals surface area contributed by atoms with Crippen LogP contribution in [0.1, 0.15) is 20.8 Å².